The Hall–Kier alpha value is -2.77. The summed E-state index contributed by atoms with van der Waals surface area (Å²) in [6.07, 6.45) is 1.11. The number of likely N-dealkylation sites (tertiary alicyclic amines) is 1. The summed E-state index contributed by atoms with van der Waals surface area (Å²) in [5.41, 5.74) is 5.06. The fourth-order valence-corrected chi connectivity index (χ4v) is 2.88. The number of nitrogens with zero attached hydrogens (tertiary/aromatic N) is 1. The van der Waals surface area contributed by atoms with Gasteiger partial charge >= 0.3 is 6.09 Å². The Balaban J connectivity index is 1.97. The number of ether oxygens (including phenoxy) is 2. The van der Waals surface area contributed by atoms with Gasteiger partial charge in [0, 0.05) is 13.1 Å². The number of carbonyl (C=O) groups excluding carboxylic acids is 3. The molecule has 2 rings (SSSR count). The van der Waals surface area contributed by atoms with Crippen LogP contribution in [0.15, 0.2) is 24.3 Å². The van der Waals surface area contributed by atoms with Gasteiger partial charge in [-0.15, -0.1) is 0 Å². The number of hydrogen-bond acceptors (Lipinski definition) is 5. The van der Waals surface area contributed by atoms with Gasteiger partial charge in [0.25, 0.3) is 0 Å². The molecule has 3 amide bonds. The molecule has 1 aromatic carbocycles. The number of benzene rings is 1. The zero-order valence-corrected chi connectivity index (χ0v) is 16.7. The van der Waals surface area contributed by atoms with Crippen LogP contribution < -0.4 is 15.8 Å². The summed E-state index contributed by atoms with van der Waals surface area (Å²) in [6.45, 7) is 6.46. The molecule has 1 aromatic rings. The Kier molecular flexibility index (Phi) is 7.25. The largest absolute Gasteiger partial charge is 0.491 e. The van der Waals surface area contributed by atoms with Crippen LogP contribution in [-0.4, -0.2) is 48.1 Å². The van der Waals surface area contributed by atoms with E-state index in [1.54, 1.807) is 29.2 Å². The first-order valence-electron chi connectivity index (χ1n) is 9.44. The standard InChI is InChI=1S/C20H29N3O5/c1-20(2,3)28-19(26)23-11-6-7-14(13-23)18(25)22-15-8-4-5-9-16(15)27-12-10-17(21)24/h4-5,8-9,14H,6-7,10-13H2,1-3H3,(H2,21,24)(H,22,25). The van der Waals surface area contributed by atoms with Crippen LogP contribution >= 0.6 is 0 Å². The van der Waals surface area contributed by atoms with Crippen LogP contribution in [0.3, 0.4) is 0 Å². The van der Waals surface area contributed by atoms with Crippen molar-refractivity contribution in [1.29, 1.82) is 0 Å². The Labute approximate surface area is 165 Å². The first-order chi connectivity index (χ1) is 13.2. The predicted octanol–water partition coefficient (Wildman–Crippen LogP) is 2.53. The second kappa shape index (κ2) is 9.43. The molecule has 1 aliphatic heterocycles. The van der Waals surface area contributed by atoms with E-state index >= 15 is 0 Å². The first-order valence-corrected chi connectivity index (χ1v) is 9.44. The molecular weight excluding hydrogens is 362 g/mol. The molecule has 0 aliphatic carbocycles. The van der Waals surface area contributed by atoms with Crippen molar-refractivity contribution in [3.05, 3.63) is 24.3 Å². The molecule has 1 atom stereocenters. The summed E-state index contributed by atoms with van der Waals surface area (Å²) >= 11 is 0. The van der Waals surface area contributed by atoms with Gasteiger partial charge in [0.1, 0.15) is 11.4 Å². The summed E-state index contributed by atoms with van der Waals surface area (Å²) in [4.78, 5) is 37.5. The Morgan fingerprint density at radius 2 is 1.96 bits per heavy atom. The second-order valence-corrected chi connectivity index (χ2v) is 7.82. The van der Waals surface area contributed by atoms with E-state index in [9.17, 15) is 14.4 Å². The number of para-hydroxylation sites is 2. The van der Waals surface area contributed by atoms with E-state index in [-0.39, 0.29) is 24.9 Å². The predicted molar refractivity (Wildman–Crippen MR) is 105 cm³/mol. The third kappa shape index (κ3) is 6.75. The van der Waals surface area contributed by atoms with Crippen LogP contribution in [0.2, 0.25) is 0 Å². The number of piperidine rings is 1. The molecule has 1 unspecified atom stereocenters. The molecule has 0 saturated carbocycles. The molecule has 1 saturated heterocycles. The van der Waals surface area contributed by atoms with Gasteiger partial charge in [-0.1, -0.05) is 12.1 Å². The number of rotatable bonds is 6. The zero-order chi connectivity index (χ0) is 20.7. The molecule has 0 aromatic heterocycles. The fourth-order valence-electron chi connectivity index (χ4n) is 2.88. The van der Waals surface area contributed by atoms with Crippen molar-refractivity contribution in [2.75, 3.05) is 25.0 Å². The Bertz CT molecular complexity index is 714. The van der Waals surface area contributed by atoms with Crippen molar-refractivity contribution < 1.29 is 23.9 Å². The molecule has 8 nitrogen and oxygen atoms in total. The van der Waals surface area contributed by atoms with Crippen molar-refractivity contribution in [3.8, 4) is 5.75 Å². The number of nitrogens with two attached hydrogens (primary N) is 1. The lowest BCUT2D eigenvalue weighted by Crippen LogP contribution is -2.45. The molecule has 28 heavy (non-hydrogen) atoms. The molecule has 1 fully saturated rings. The van der Waals surface area contributed by atoms with Crippen molar-refractivity contribution in [1.82, 2.24) is 4.90 Å². The van der Waals surface area contributed by atoms with Crippen LogP contribution in [0, 0.1) is 5.92 Å². The highest BCUT2D eigenvalue weighted by atomic mass is 16.6. The third-order valence-electron chi connectivity index (χ3n) is 4.19. The summed E-state index contributed by atoms with van der Waals surface area (Å²) in [6, 6.07) is 7.00. The molecule has 0 radical (unpaired) electrons. The lowest BCUT2D eigenvalue weighted by molar-refractivity contribution is -0.121. The van der Waals surface area contributed by atoms with Crippen LogP contribution in [-0.2, 0) is 14.3 Å². The van der Waals surface area contributed by atoms with Gasteiger partial charge in [0.15, 0.2) is 0 Å². The van der Waals surface area contributed by atoms with E-state index in [1.165, 1.54) is 0 Å². The van der Waals surface area contributed by atoms with Gasteiger partial charge in [-0.2, -0.15) is 0 Å². The summed E-state index contributed by atoms with van der Waals surface area (Å²) in [5, 5.41) is 2.87. The fraction of sp³-hybridized carbons (Fsp3) is 0.550. The maximum atomic E-state index is 12.7. The van der Waals surface area contributed by atoms with Gasteiger partial charge < -0.3 is 25.4 Å². The molecule has 0 spiro atoms. The smallest absolute Gasteiger partial charge is 0.410 e. The average Bonchev–Trinajstić information content (AvgIpc) is 2.61. The Morgan fingerprint density at radius 3 is 2.64 bits per heavy atom. The number of amides is 3. The van der Waals surface area contributed by atoms with Crippen molar-refractivity contribution in [3.63, 3.8) is 0 Å². The minimum atomic E-state index is -0.576. The van der Waals surface area contributed by atoms with E-state index in [1.807, 2.05) is 20.8 Å². The maximum Gasteiger partial charge on any atom is 0.410 e. The van der Waals surface area contributed by atoms with E-state index in [4.69, 9.17) is 15.2 Å². The normalized spacial score (nSPS) is 17.0. The van der Waals surface area contributed by atoms with Crippen LogP contribution in [0.1, 0.15) is 40.0 Å². The molecule has 1 aliphatic rings. The number of hydrogen-bond donors (Lipinski definition) is 2. The Morgan fingerprint density at radius 1 is 1.25 bits per heavy atom. The van der Waals surface area contributed by atoms with Crippen LogP contribution in [0.25, 0.3) is 0 Å². The SMILES string of the molecule is CC(C)(C)OC(=O)N1CCCC(C(=O)Nc2ccccc2OCCC(N)=O)C1. The highest BCUT2D eigenvalue weighted by Gasteiger charge is 2.31. The first kappa shape index (κ1) is 21.5. The quantitative estimate of drug-likeness (QED) is 0.774. The topological polar surface area (TPSA) is 111 Å². The van der Waals surface area contributed by atoms with E-state index < -0.39 is 17.6 Å². The molecule has 154 valence electrons. The lowest BCUT2D eigenvalue weighted by atomic mass is 9.97. The van der Waals surface area contributed by atoms with Gasteiger partial charge in [0.2, 0.25) is 11.8 Å². The zero-order valence-electron chi connectivity index (χ0n) is 16.7. The molecule has 1 heterocycles. The number of primary amides is 1. The molecule has 8 heteroatoms. The van der Waals surface area contributed by atoms with Crippen molar-refractivity contribution >= 4 is 23.6 Å². The van der Waals surface area contributed by atoms with E-state index in [2.05, 4.69) is 5.32 Å². The summed E-state index contributed by atoms with van der Waals surface area (Å²) in [7, 11) is 0. The number of carbonyl (C=O) groups is 3. The van der Waals surface area contributed by atoms with Gasteiger partial charge in [-0.25, -0.2) is 4.79 Å². The number of nitrogens with one attached hydrogen (secondary N) is 1. The van der Waals surface area contributed by atoms with Gasteiger partial charge in [-0.3, -0.25) is 9.59 Å². The molecule has 3 N–H and O–H groups in total. The number of anilines is 1. The van der Waals surface area contributed by atoms with Crippen molar-refractivity contribution in [2.24, 2.45) is 11.7 Å². The monoisotopic (exact) mass is 391 g/mol. The minimum absolute atomic E-state index is 0.0930. The van der Waals surface area contributed by atoms with Crippen LogP contribution in [0.5, 0.6) is 5.75 Å². The highest BCUT2D eigenvalue weighted by Crippen LogP contribution is 2.26. The average molecular weight is 391 g/mol. The highest BCUT2D eigenvalue weighted by molar-refractivity contribution is 5.94. The van der Waals surface area contributed by atoms with E-state index in [0.717, 1.165) is 6.42 Å². The molecular formula is C20H29N3O5. The summed E-state index contributed by atoms with van der Waals surface area (Å²) in [5.74, 6) is -0.498. The second-order valence-electron chi connectivity index (χ2n) is 7.82. The van der Waals surface area contributed by atoms with E-state index in [0.29, 0.717) is 30.9 Å². The van der Waals surface area contributed by atoms with Crippen molar-refractivity contribution in [2.45, 2.75) is 45.6 Å². The summed E-state index contributed by atoms with van der Waals surface area (Å²) < 4.78 is 11.0. The van der Waals surface area contributed by atoms with Gasteiger partial charge in [0.05, 0.1) is 24.6 Å². The van der Waals surface area contributed by atoms with Crippen LogP contribution in [0.4, 0.5) is 10.5 Å². The third-order valence-corrected chi connectivity index (χ3v) is 4.19. The van der Waals surface area contributed by atoms with Gasteiger partial charge in [-0.05, 0) is 45.7 Å². The minimum Gasteiger partial charge on any atom is -0.491 e. The lowest BCUT2D eigenvalue weighted by Gasteiger charge is -2.33. The molecule has 0 bridgehead atoms. The maximum absolute atomic E-state index is 12.7.